The maximum Gasteiger partial charge on any atom is 0.417 e. The molecule has 8 nitrogen and oxygen atoms in total. The predicted octanol–water partition coefficient (Wildman–Crippen LogP) is -0.0526. The average molecular weight is 272 g/mol. The number of aliphatic carboxylic acids is 1. The molecule has 0 saturated heterocycles. The van der Waals surface area contributed by atoms with Crippen molar-refractivity contribution >= 4 is 32.8 Å². The molecular weight excluding hydrogens is 264 g/mol. The largest absolute Gasteiger partial charge is 0.480 e. The lowest BCUT2D eigenvalue weighted by Crippen LogP contribution is -2.22. The molecule has 0 aliphatic heterocycles. The van der Waals surface area contributed by atoms with E-state index in [9.17, 15) is 18.0 Å². The van der Waals surface area contributed by atoms with Crippen molar-refractivity contribution in [2.75, 3.05) is 10.5 Å². The van der Waals surface area contributed by atoms with Crippen LogP contribution in [0.4, 0.5) is 5.69 Å². The fourth-order valence-corrected chi connectivity index (χ4v) is 2.28. The number of benzene rings is 1. The van der Waals surface area contributed by atoms with E-state index in [1.165, 1.54) is 18.2 Å². The smallest absolute Gasteiger partial charge is 0.417 e. The highest BCUT2D eigenvalue weighted by molar-refractivity contribution is 7.93. The number of carbonyl (C=O) groups is 1. The van der Waals surface area contributed by atoms with Crippen LogP contribution in [0.2, 0.25) is 0 Å². The molecule has 0 spiro atoms. The SMILES string of the molecule is O=C(O)CS(=O)(=O)Nc1ccc2oc(=O)[nH]c2c1. The van der Waals surface area contributed by atoms with E-state index in [1.807, 2.05) is 0 Å². The van der Waals surface area contributed by atoms with Gasteiger partial charge in [-0.2, -0.15) is 0 Å². The minimum Gasteiger partial charge on any atom is -0.480 e. The van der Waals surface area contributed by atoms with Crippen LogP contribution in [0, 0.1) is 0 Å². The third-order valence-electron chi connectivity index (χ3n) is 2.01. The number of nitrogens with one attached hydrogen (secondary N) is 2. The summed E-state index contributed by atoms with van der Waals surface area (Å²) in [6, 6.07) is 4.09. The second kappa shape index (κ2) is 4.18. The molecule has 0 bridgehead atoms. The fourth-order valence-electron chi connectivity index (χ4n) is 1.39. The van der Waals surface area contributed by atoms with Gasteiger partial charge in [0.05, 0.1) is 11.2 Å². The minimum absolute atomic E-state index is 0.140. The first-order chi connectivity index (χ1) is 8.35. The number of oxazole rings is 1. The summed E-state index contributed by atoms with van der Waals surface area (Å²) >= 11 is 0. The van der Waals surface area contributed by atoms with E-state index in [4.69, 9.17) is 9.52 Å². The fraction of sp³-hybridized carbons (Fsp3) is 0.111. The van der Waals surface area contributed by atoms with Gasteiger partial charge in [0.1, 0.15) is 0 Å². The normalized spacial score (nSPS) is 11.6. The molecule has 2 aromatic rings. The number of H-pyrrole nitrogens is 1. The number of hydrogen-bond donors (Lipinski definition) is 3. The maximum atomic E-state index is 11.4. The number of carboxylic acid groups (broad SMARTS) is 1. The van der Waals surface area contributed by atoms with E-state index in [1.54, 1.807) is 0 Å². The van der Waals surface area contributed by atoms with Crippen LogP contribution in [0.15, 0.2) is 27.4 Å². The Bertz CT molecular complexity index is 757. The second-order valence-electron chi connectivity index (χ2n) is 3.48. The zero-order valence-corrected chi connectivity index (χ0v) is 9.65. The topological polar surface area (TPSA) is 129 Å². The van der Waals surface area contributed by atoms with Crippen molar-refractivity contribution in [3.63, 3.8) is 0 Å². The molecular formula is C9H8N2O6S. The van der Waals surface area contributed by atoms with Crippen molar-refractivity contribution < 1.29 is 22.7 Å². The van der Waals surface area contributed by atoms with Crippen molar-refractivity contribution in [3.8, 4) is 0 Å². The Labute approximate surface area is 100 Å². The number of anilines is 1. The number of rotatable bonds is 4. The molecule has 1 aromatic carbocycles. The van der Waals surface area contributed by atoms with Gasteiger partial charge in [-0.3, -0.25) is 14.5 Å². The monoisotopic (exact) mass is 272 g/mol. The third kappa shape index (κ3) is 2.69. The van der Waals surface area contributed by atoms with Crippen LogP contribution in [0.1, 0.15) is 0 Å². The number of sulfonamides is 1. The molecule has 0 fully saturated rings. The first-order valence-corrected chi connectivity index (χ1v) is 6.36. The Hall–Kier alpha value is -2.29. The van der Waals surface area contributed by atoms with Gasteiger partial charge < -0.3 is 9.52 Å². The van der Waals surface area contributed by atoms with Gasteiger partial charge in [0, 0.05) is 0 Å². The molecule has 0 atom stereocenters. The van der Waals surface area contributed by atoms with Crippen LogP contribution in [-0.2, 0) is 14.8 Å². The van der Waals surface area contributed by atoms with E-state index >= 15 is 0 Å². The molecule has 0 amide bonds. The van der Waals surface area contributed by atoms with Crippen LogP contribution >= 0.6 is 0 Å². The zero-order valence-electron chi connectivity index (χ0n) is 8.84. The number of hydrogen-bond acceptors (Lipinski definition) is 5. The first kappa shape index (κ1) is 12.2. The van der Waals surface area contributed by atoms with Crippen molar-refractivity contribution in [1.29, 1.82) is 0 Å². The Balaban J connectivity index is 2.32. The van der Waals surface area contributed by atoms with Crippen molar-refractivity contribution in [2.24, 2.45) is 0 Å². The summed E-state index contributed by atoms with van der Waals surface area (Å²) in [5, 5.41) is 8.42. The summed E-state index contributed by atoms with van der Waals surface area (Å²) in [6.07, 6.45) is 0. The standard InChI is InChI=1S/C9H8N2O6S/c12-8(13)4-18(15,16)11-5-1-2-7-6(3-5)10-9(14)17-7/h1-3,11H,4H2,(H,10,14)(H,12,13). The number of carboxylic acids is 1. The molecule has 9 heteroatoms. The van der Waals surface area contributed by atoms with Crippen molar-refractivity contribution in [3.05, 3.63) is 28.7 Å². The molecule has 0 unspecified atom stereocenters. The van der Waals surface area contributed by atoms with Gasteiger partial charge in [0.15, 0.2) is 11.3 Å². The molecule has 96 valence electrons. The molecule has 2 rings (SSSR count). The second-order valence-corrected chi connectivity index (χ2v) is 5.20. The lowest BCUT2D eigenvalue weighted by atomic mass is 10.3. The van der Waals surface area contributed by atoms with E-state index in [-0.39, 0.29) is 11.3 Å². The van der Waals surface area contributed by atoms with Gasteiger partial charge in [0.2, 0.25) is 10.0 Å². The summed E-state index contributed by atoms with van der Waals surface area (Å²) in [7, 11) is -3.97. The molecule has 0 aliphatic carbocycles. The molecule has 3 N–H and O–H groups in total. The van der Waals surface area contributed by atoms with Crippen LogP contribution in [0.25, 0.3) is 11.1 Å². The lowest BCUT2D eigenvalue weighted by Gasteiger charge is -2.05. The van der Waals surface area contributed by atoms with E-state index < -0.39 is 27.5 Å². The molecule has 1 heterocycles. The van der Waals surface area contributed by atoms with E-state index in [0.29, 0.717) is 5.52 Å². The highest BCUT2D eigenvalue weighted by Gasteiger charge is 2.15. The van der Waals surface area contributed by atoms with E-state index in [2.05, 4.69) is 9.71 Å². The van der Waals surface area contributed by atoms with Gasteiger partial charge >= 0.3 is 11.7 Å². The highest BCUT2D eigenvalue weighted by Crippen LogP contribution is 2.17. The summed E-state index contributed by atoms with van der Waals surface area (Å²) in [6.45, 7) is 0. The Morgan fingerprint density at radius 2 is 2.17 bits per heavy atom. The molecule has 1 aromatic heterocycles. The molecule has 0 aliphatic rings. The molecule has 18 heavy (non-hydrogen) atoms. The highest BCUT2D eigenvalue weighted by atomic mass is 32.2. The quantitative estimate of drug-likeness (QED) is 0.715. The van der Waals surface area contributed by atoms with Crippen LogP contribution in [0.3, 0.4) is 0 Å². The van der Waals surface area contributed by atoms with Crippen molar-refractivity contribution in [1.82, 2.24) is 4.98 Å². The number of aromatic amines is 1. The number of fused-ring (bicyclic) bond motifs is 1. The predicted molar refractivity (Wildman–Crippen MR) is 61.9 cm³/mol. The van der Waals surface area contributed by atoms with Gasteiger partial charge in [-0.1, -0.05) is 0 Å². The van der Waals surface area contributed by atoms with Gasteiger partial charge in [0.25, 0.3) is 0 Å². The Morgan fingerprint density at radius 1 is 1.44 bits per heavy atom. The Kier molecular flexibility index (Phi) is 2.83. The maximum absolute atomic E-state index is 11.4. The number of aromatic nitrogens is 1. The van der Waals surface area contributed by atoms with E-state index in [0.717, 1.165) is 0 Å². The average Bonchev–Trinajstić information content (AvgIpc) is 2.54. The summed E-state index contributed by atoms with van der Waals surface area (Å²) in [4.78, 5) is 23.6. The first-order valence-electron chi connectivity index (χ1n) is 4.71. The van der Waals surface area contributed by atoms with Crippen LogP contribution < -0.4 is 10.5 Å². The van der Waals surface area contributed by atoms with Crippen LogP contribution in [0.5, 0.6) is 0 Å². The summed E-state index contributed by atoms with van der Waals surface area (Å²) in [5.41, 5.74) is 0.734. The summed E-state index contributed by atoms with van der Waals surface area (Å²) in [5.74, 6) is -3.15. The Morgan fingerprint density at radius 3 is 2.83 bits per heavy atom. The molecule has 0 radical (unpaired) electrons. The van der Waals surface area contributed by atoms with Gasteiger partial charge in [-0.05, 0) is 18.2 Å². The zero-order chi connectivity index (χ0) is 13.3. The van der Waals surface area contributed by atoms with Gasteiger partial charge in [-0.15, -0.1) is 0 Å². The lowest BCUT2D eigenvalue weighted by molar-refractivity contribution is -0.134. The molecule has 0 saturated carbocycles. The van der Waals surface area contributed by atoms with Gasteiger partial charge in [-0.25, -0.2) is 13.2 Å². The third-order valence-corrected chi connectivity index (χ3v) is 3.18. The van der Waals surface area contributed by atoms with Crippen molar-refractivity contribution in [2.45, 2.75) is 0 Å². The van der Waals surface area contributed by atoms with Crippen LogP contribution in [-0.4, -0.2) is 30.2 Å². The minimum atomic E-state index is -3.97. The summed E-state index contributed by atoms with van der Waals surface area (Å²) < 4.78 is 29.5.